The predicted octanol–water partition coefficient (Wildman–Crippen LogP) is 2.36. The van der Waals surface area contributed by atoms with Crippen molar-refractivity contribution in [1.82, 2.24) is 5.32 Å². The summed E-state index contributed by atoms with van der Waals surface area (Å²) in [5.74, 6) is -1.90. The Balaban J connectivity index is 1.99. The van der Waals surface area contributed by atoms with E-state index in [1.165, 1.54) is 0 Å². The summed E-state index contributed by atoms with van der Waals surface area (Å²) in [5.41, 5.74) is 1.03. The van der Waals surface area contributed by atoms with E-state index in [0.29, 0.717) is 12.8 Å². The number of hydrogen-bond donors (Lipinski definition) is 2. The minimum atomic E-state index is -0.856. The fourth-order valence-corrected chi connectivity index (χ4v) is 2.71. The van der Waals surface area contributed by atoms with Crippen LogP contribution in [0.3, 0.4) is 0 Å². The monoisotopic (exact) mass is 261 g/mol. The van der Waals surface area contributed by atoms with Crippen LogP contribution in [-0.2, 0) is 9.59 Å². The standard InChI is InChI=1S/C15H19NO3/c1-10(11-6-3-2-4-7-11)16-14(17)12-8-5-9-13(12)15(18)19/h2-4,6-7,10,12-13H,5,8-9H2,1H3,(H,16,17)(H,18,19). The fourth-order valence-electron chi connectivity index (χ4n) is 2.71. The second-order valence-corrected chi connectivity index (χ2v) is 5.12. The van der Waals surface area contributed by atoms with Gasteiger partial charge >= 0.3 is 5.97 Å². The minimum Gasteiger partial charge on any atom is -0.481 e. The lowest BCUT2D eigenvalue weighted by Crippen LogP contribution is -2.36. The van der Waals surface area contributed by atoms with Crippen LogP contribution >= 0.6 is 0 Å². The molecule has 3 atom stereocenters. The van der Waals surface area contributed by atoms with Gasteiger partial charge in [0.25, 0.3) is 0 Å². The van der Waals surface area contributed by atoms with Crippen LogP contribution in [0.25, 0.3) is 0 Å². The van der Waals surface area contributed by atoms with Gasteiger partial charge in [0, 0.05) is 0 Å². The van der Waals surface area contributed by atoms with Crippen molar-refractivity contribution in [2.45, 2.75) is 32.2 Å². The summed E-state index contributed by atoms with van der Waals surface area (Å²) in [5, 5.41) is 12.0. The quantitative estimate of drug-likeness (QED) is 0.874. The Morgan fingerprint density at radius 2 is 1.84 bits per heavy atom. The molecule has 1 aliphatic rings. The first kappa shape index (κ1) is 13.6. The molecule has 0 saturated heterocycles. The predicted molar refractivity (Wildman–Crippen MR) is 71.5 cm³/mol. The summed E-state index contributed by atoms with van der Waals surface area (Å²) in [6, 6.07) is 9.59. The molecule has 1 aromatic rings. The van der Waals surface area contributed by atoms with Crippen LogP contribution in [0.5, 0.6) is 0 Å². The number of carboxylic acids is 1. The number of carbonyl (C=O) groups excluding carboxylic acids is 1. The molecule has 0 spiro atoms. The van der Waals surface area contributed by atoms with Crippen LogP contribution in [0.4, 0.5) is 0 Å². The Bertz CT molecular complexity index is 458. The van der Waals surface area contributed by atoms with Crippen molar-refractivity contribution in [2.24, 2.45) is 11.8 Å². The molecule has 1 aromatic carbocycles. The largest absolute Gasteiger partial charge is 0.481 e. The zero-order chi connectivity index (χ0) is 13.8. The molecular weight excluding hydrogens is 242 g/mol. The molecular formula is C15H19NO3. The number of carboxylic acid groups (broad SMARTS) is 1. The Labute approximate surface area is 112 Å². The van der Waals surface area contributed by atoms with E-state index in [9.17, 15) is 9.59 Å². The summed E-state index contributed by atoms with van der Waals surface area (Å²) in [6.45, 7) is 1.91. The van der Waals surface area contributed by atoms with Crippen molar-refractivity contribution in [2.75, 3.05) is 0 Å². The lowest BCUT2D eigenvalue weighted by atomic mass is 9.94. The van der Waals surface area contributed by atoms with Gasteiger partial charge in [-0.15, -0.1) is 0 Å². The highest BCUT2D eigenvalue weighted by molar-refractivity contribution is 5.85. The van der Waals surface area contributed by atoms with Gasteiger partial charge in [-0.3, -0.25) is 9.59 Å². The normalized spacial score (nSPS) is 23.8. The number of carbonyl (C=O) groups is 2. The molecule has 3 unspecified atom stereocenters. The molecule has 0 aromatic heterocycles. The topological polar surface area (TPSA) is 66.4 Å². The summed E-state index contributed by atoms with van der Waals surface area (Å²) in [4.78, 5) is 23.3. The van der Waals surface area contributed by atoms with Gasteiger partial charge in [-0.1, -0.05) is 36.8 Å². The third-order valence-electron chi connectivity index (χ3n) is 3.83. The van der Waals surface area contributed by atoms with Crippen molar-refractivity contribution in [1.29, 1.82) is 0 Å². The van der Waals surface area contributed by atoms with Gasteiger partial charge in [-0.05, 0) is 25.3 Å². The maximum atomic E-state index is 12.2. The second-order valence-electron chi connectivity index (χ2n) is 5.12. The van der Waals surface area contributed by atoms with E-state index in [1.54, 1.807) is 0 Å². The number of nitrogens with one attached hydrogen (secondary N) is 1. The van der Waals surface area contributed by atoms with Gasteiger partial charge in [0.05, 0.1) is 17.9 Å². The summed E-state index contributed by atoms with van der Waals surface area (Å²) < 4.78 is 0. The van der Waals surface area contributed by atoms with Crippen LogP contribution in [-0.4, -0.2) is 17.0 Å². The van der Waals surface area contributed by atoms with Crippen LogP contribution < -0.4 is 5.32 Å². The molecule has 2 N–H and O–H groups in total. The summed E-state index contributed by atoms with van der Waals surface area (Å²) >= 11 is 0. The van der Waals surface area contributed by atoms with E-state index < -0.39 is 11.9 Å². The number of aliphatic carboxylic acids is 1. The Morgan fingerprint density at radius 3 is 2.47 bits per heavy atom. The molecule has 4 nitrogen and oxygen atoms in total. The maximum Gasteiger partial charge on any atom is 0.307 e. The van der Waals surface area contributed by atoms with Crippen molar-refractivity contribution in [3.63, 3.8) is 0 Å². The van der Waals surface area contributed by atoms with Crippen LogP contribution in [0, 0.1) is 11.8 Å². The molecule has 0 radical (unpaired) electrons. The van der Waals surface area contributed by atoms with Crippen LogP contribution in [0.1, 0.15) is 37.8 Å². The first-order valence-electron chi connectivity index (χ1n) is 6.67. The van der Waals surface area contributed by atoms with Gasteiger partial charge in [-0.25, -0.2) is 0 Å². The van der Waals surface area contributed by atoms with E-state index in [1.807, 2.05) is 37.3 Å². The third kappa shape index (κ3) is 3.13. The zero-order valence-corrected chi connectivity index (χ0v) is 11.0. The highest BCUT2D eigenvalue weighted by Crippen LogP contribution is 2.32. The lowest BCUT2D eigenvalue weighted by molar-refractivity contribution is -0.146. The van der Waals surface area contributed by atoms with Gasteiger partial charge in [0.1, 0.15) is 0 Å². The van der Waals surface area contributed by atoms with E-state index in [0.717, 1.165) is 12.0 Å². The van der Waals surface area contributed by atoms with E-state index in [4.69, 9.17) is 5.11 Å². The number of amides is 1. The Hall–Kier alpha value is -1.84. The van der Waals surface area contributed by atoms with E-state index in [-0.39, 0.29) is 17.9 Å². The van der Waals surface area contributed by atoms with E-state index >= 15 is 0 Å². The molecule has 4 heteroatoms. The van der Waals surface area contributed by atoms with Crippen LogP contribution in [0.2, 0.25) is 0 Å². The molecule has 0 heterocycles. The molecule has 0 bridgehead atoms. The fraction of sp³-hybridized carbons (Fsp3) is 0.467. The number of benzene rings is 1. The number of rotatable bonds is 4. The molecule has 2 rings (SSSR count). The molecule has 102 valence electrons. The number of hydrogen-bond acceptors (Lipinski definition) is 2. The zero-order valence-electron chi connectivity index (χ0n) is 11.0. The van der Waals surface area contributed by atoms with Crippen molar-refractivity contribution in [3.05, 3.63) is 35.9 Å². The third-order valence-corrected chi connectivity index (χ3v) is 3.83. The van der Waals surface area contributed by atoms with Gasteiger partial charge < -0.3 is 10.4 Å². The highest BCUT2D eigenvalue weighted by atomic mass is 16.4. The van der Waals surface area contributed by atoms with Gasteiger partial charge in [0.15, 0.2) is 0 Å². The van der Waals surface area contributed by atoms with Crippen molar-refractivity contribution < 1.29 is 14.7 Å². The lowest BCUT2D eigenvalue weighted by Gasteiger charge is -2.20. The smallest absolute Gasteiger partial charge is 0.307 e. The Kier molecular flexibility index (Phi) is 4.20. The Morgan fingerprint density at radius 1 is 1.21 bits per heavy atom. The maximum absolute atomic E-state index is 12.2. The van der Waals surface area contributed by atoms with Crippen molar-refractivity contribution in [3.8, 4) is 0 Å². The molecule has 1 saturated carbocycles. The van der Waals surface area contributed by atoms with Gasteiger partial charge in [0.2, 0.25) is 5.91 Å². The molecule has 1 amide bonds. The molecule has 19 heavy (non-hydrogen) atoms. The molecule has 0 aliphatic heterocycles. The SMILES string of the molecule is CC(NC(=O)C1CCCC1C(=O)O)c1ccccc1. The summed E-state index contributed by atoms with van der Waals surface area (Å²) in [7, 11) is 0. The van der Waals surface area contributed by atoms with Gasteiger partial charge in [-0.2, -0.15) is 0 Å². The van der Waals surface area contributed by atoms with Crippen molar-refractivity contribution >= 4 is 11.9 Å². The molecule has 1 fully saturated rings. The first-order chi connectivity index (χ1) is 9.09. The highest BCUT2D eigenvalue weighted by Gasteiger charge is 2.37. The second kappa shape index (κ2) is 5.87. The minimum absolute atomic E-state index is 0.0938. The average Bonchev–Trinajstić information content (AvgIpc) is 2.89. The first-order valence-corrected chi connectivity index (χ1v) is 6.67. The van der Waals surface area contributed by atoms with E-state index in [2.05, 4.69) is 5.32 Å². The average molecular weight is 261 g/mol. The summed E-state index contributed by atoms with van der Waals surface area (Å²) in [6.07, 6.45) is 2.09. The van der Waals surface area contributed by atoms with Crippen LogP contribution in [0.15, 0.2) is 30.3 Å². The molecule has 1 aliphatic carbocycles.